The average molecular weight is 248 g/mol. The Hall–Kier alpha value is -1.88. The van der Waals surface area contributed by atoms with Crippen LogP contribution in [0, 0.1) is 0 Å². The van der Waals surface area contributed by atoms with E-state index in [1.165, 1.54) is 0 Å². The zero-order valence-corrected chi connectivity index (χ0v) is 10.1. The fraction of sp³-hybridized carbons (Fsp3) is 0.385. The standard InChI is InChI=1S/C13H16N2O3/c16-12-10-14(7-6-13(17)18)8-9-15(12)11-4-2-1-3-5-11/h1-5H,6-10H2,(H,17,18). The van der Waals surface area contributed by atoms with Gasteiger partial charge in [0, 0.05) is 25.3 Å². The molecule has 0 radical (unpaired) electrons. The Morgan fingerprint density at radius 1 is 1.22 bits per heavy atom. The molecule has 0 unspecified atom stereocenters. The Labute approximate surface area is 106 Å². The molecule has 18 heavy (non-hydrogen) atoms. The molecule has 1 aromatic carbocycles. The van der Waals surface area contributed by atoms with Crippen molar-refractivity contribution in [3.63, 3.8) is 0 Å². The Bertz CT molecular complexity index is 433. The van der Waals surface area contributed by atoms with E-state index >= 15 is 0 Å². The lowest BCUT2D eigenvalue weighted by Crippen LogP contribution is -2.50. The van der Waals surface area contributed by atoms with Gasteiger partial charge >= 0.3 is 5.97 Å². The first-order valence-electron chi connectivity index (χ1n) is 5.96. The van der Waals surface area contributed by atoms with E-state index in [1.807, 2.05) is 35.2 Å². The van der Waals surface area contributed by atoms with E-state index in [9.17, 15) is 9.59 Å². The molecule has 0 spiro atoms. The number of hydrogen-bond acceptors (Lipinski definition) is 3. The highest BCUT2D eigenvalue weighted by molar-refractivity contribution is 5.95. The second kappa shape index (κ2) is 5.64. The average Bonchev–Trinajstić information content (AvgIpc) is 2.37. The Morgan fingerprint density at radius 2 is 1.94 bits per heavy atom. The molecule has 1 aliphatic heterocycles. The third kappa shape index (κ3) is 3.07. The Kier molecular flexibility index (Phi) is 3.94. The van der Waals surface area contributed by atoms with Gasteiger partial charge in [0.15, 0.2) is 0 Å². The van der Waals surface area contributed by atoms with Crippen LogP contribution in [0.25, 0.3) is 0 Å². The second-order valence-corrected chi connectivity index (χ2v) is 4.30. The molecule has 5 nitrogen and oxygen atoms in total. The number of anilines is 1. The monoisotopic (exact) mass is 248 g/mol. The van der Waals surface area contributed by atoms with Gasteiger partial charge in [-0.05, 0) is 12.1 Å². The highest BCUT2D eigenvalue weighted by atomic mass is 16.4. The van der Waals surface area contributed by atoms with E-state index < -0.39 is 5.97 Å². The molecule has 1 fully saturated rings. The van der Waals surface area contributed by atoms with Crippen LogP contribution < -0.4 is 4.90 Å². The lowest BCUT2D eigenvalue weighted by atomic mass is 10.2. The van der Waals surface area contributed by atoms with Crippen LogP contribution in [0.3, 0.4) is 0 Å². The number of amides is 1. The van der Waals surface area contributed by atoms with E-state index in [1.54, 1.807) is 4.90 Å². The van der Waals surface area contributed by atoms with E-state index in [0.29, 0.717) is 26.2 Å². The fourth-order valence-electron chi connectivity index (χ4n) is 2.05. The number of piperazine rings is 1. The summed E-state index contributed by atoms with van der Waals surface area (Å²) in [6.07, 6.45) is 0.0820. The van der Waals surface area contributed by atoms with Crippen LogP contribution in [0.1, 0.15) is 6.42 Å². The molecule has 1 saturated heterocycles. The number of hydrogen-bond donors (Lipinski definition) is 1. The molecule has 0 atom stereocenters. The number of rotatable bonds is 4. The van der Waals surface area contributed by atoms with Crippen molar-refractivity contribution < 1.29 is 14.7 Å². The van der Waals surface area contributed by atoms with Gasteiger partial charge in [-0.25, -0.2) is 0 Å². The first kappa shape index (κ1) is 12.6. The van der Waals surface area contributed by atoms with Gasteiger partial charge in [-0.1, -0.05) is 18.2 Å². The highest BCUT2D eigenvalue weighted by Gasteiger charge is 2.24. The summed E-state index contributed by atoms with van der Waals surface area (Å²) < 4.78 is 0. The van der Waals surface area contributed by atoms with E-state index in [2.05, 4.69) is 0 Å². The van der Waals surface area contributed by atoms with Gasteiger partial charge in [-0.3, -0.25) is 14.5 Å². The number of nitrogens with zero attached hydrogens (tertiary/aromatic N) is 2. The third-order valence-electron chi connectivity index (χ3n) is 3.01. The largest absolute Gasteiger partial charge is 0.481 e. The van der Waals surface area contributed by atoms with Crippen LogP contribution in [0.5, 0.6) is 0 Å². The molecule has 1 aromatic rings. The molecule has 0 aromatic heterocycles. The van der Waals surface area contributed by atoms with Crippen molar-refractivity contribution in [1.29, 1.82) is 0 Å². The summed E-state index contributed by atoms with van der Waals surface area (Å²) in [6.45, 7) is 2.06. The Balaban J connectivity index is 1.93. The summed E-state index contributed by atoms with van der Waals surface area (Å²) in [5.74, 6) is -0.800. The van der Waals surface area contributed by atoms with Gasteiger partial charge < -0.3 is 10.0 Å². The summed E-state index contributed by atoms with van der Waals surface area (Å²) in [7, 11) is 0. The summed E-state index contributed by atoms with van der Waals surface area (Å²) in [5.41, 5.74) is 0.903. The first-order chi connectivity index (χ1) is 8.66. The molecule has 1 amide bonds. The van der Waals surface area contributed by atoms with Gasteiger partial charge in [0.05, 0.1) is 13.0 Å². The van der Waals surface area contributed by atoms with Crippen LogP contribution >= 0.6 is 0 Å². The molecular weight excluding hydrogens is 232 g/mol. The molecule has 2 rings (SSSR count). The van der Waals surface area contributed by atoms with Crippen molar-refractivity contribution in [3.8, 4) is 0 Å². The molecule has 0 aliphatic carbocycles. The van der Waals surface area contributed by atoms with E-state index in [-0.39, 0.29) is 12.3 Å². The minimum absolute atomic E-state index is 0.0258. The zero-order valence-electron chi connectivity index (χ0n) is 10.1. The summed E-state index contributed by atoms with van der Waals surface area (Å²) >= 11 is 0. The number of para-hydroxylation sites is 1. The number of aliphatic carboxylic acids is 1. The molecule has 0 bridgehead atoms. The Morgan fingerprint density at radius 3 is 2.56 bits per heavy atom. The minimum Gasteiger partial charge on any atom is -0.481 e. The van der Waals surface area contributed by atoms with E-state index in [0.717, 1.165) is 5.69 Å². The van der Waals surface area contributed by atoms with Crippen LogP contribution in [0.4, 0.5) is 5.69 Å². The fourth-order valence-corrected chi connectivity index (χ4v) is 2.05. The summed E-state index contributed by atoms with van der Waals surface area (Å²) in [6, 6.07) is 9.53. The van der Waals surface area contributed by atoms with Crippen molar-refractivity contribution in [2.24, 2.45) is 0 Å². The number of carbonyl (C=O) groups excluding carboxylic acids is 1. The molecule has 0 saturated carbocycles. The van der Waals surface area contributed by atoms with Crippen LogP contribution in [-0.2, 0) is 9.59 Å². The van der Waals surface area contributed by atoms with Crippen LogP contribution in [0.2, 0.25) is 0 Å². The SMILES string of the molecule is O=C(O)CCN1CCN(c2ccccc2)C(=O)C1. The normalized spacial score (nSPS) is 16.9. The van der Waals surface area contributed by atoms with Gasteiger partial charge in [0.1, 0.15) is 0 Å². The molecular formula is C13H16N2O3. The maximum Gasteiger partial charge on any atom is 0.304 e. The minimum atomic E-state index is -0.826. The van der Waals surface area contributed by atoms with Crippen molar-refractivity contribution >= 4 is 17.6 Å². The summed E-state index contributed by atoms with van der Waals surface area (Å²) in [4.78, 5) is 26.1. The maximum atomic E-state index is 12.0. The van der Waals surface area contributed by atoms with E-state index in [4.69, 9.17) is 5.11 Å². The van der Waals surface area contributed by atoms with Gasteiger partial charge in [-0.15, -0.1) is 0 Å². The second-order valence-electron chi connectivity index (χ2n) is 4.30. The molecule has 5 heteroatoms. The number of carbonyl (C=O) groups is 2. The van der Waals surface area contributed by atoms with Crippen LogP contribution in [0.15, 0.2) is 30.3 Å². The van der Waals surface area contributed by atoms with Gasteiger partial charge in [0.25, 0.3) is 0 Å². The zero-order chi connectivity index (χ0) is 13.0. The maximum absolute atomic E-state index is 12.0. The highest BCUT2D eigenvalue weighted by Crippen LogP contribution is 2.16. The lowest BCUT2D eigenvalue weighted by Gasteiger charge is -2.34. The predicted molar refractivity (Wildman–Crippen MR) is 67.5 cm³/mol. The topological polar surface area (TPSA) is 60.9 Å². The van der Waals surface area contributed by atoms with Gasteiger partial charge in [0.2, 0.25) is 5.91 Å². The molecule has 96 valence electrons. The van der Waals surface area contributed by atoms with Crippen molar-refractivity contribution in [1.82, 2.24) is 4.90 Å². The summed E-state index contributed by atoms with van der Waals surface area (Å²) in [5, 5.41) is 8.62. The smallest absolute Gasteiger partial charge is 0.304 e. The van der Waals surface area contributed by atoms with Crippen molar-refractivity contribution in [2.75, 3.05) is 31.1 Å². The third-order valence-corrected chi connectivity index (χ3v) is 3.01. The lowest BCUT2D eigenvalue weighted by molar-refractivity contribution is -0.137. The quantitative estimate of drug-likeness (QED) is 0.856. The van der Waals surface area contributed by atoms with Crippen molar-refractivity contribution in [3.05, 3.63) is 30.3 Å². The molecule has 1 N–H and O–H groups in total. The number of benzene rings is 1. The molecule has 1 heterocycles. The van der Waals surface area contributed by atoms with Crippen LogP contribution in [-0.4, -0.2) is 48.1 Å². The number of carboxylic acids is 1. The molecule has 1 aliphatic rings. The van der Waals surface area contributed by atoms with Crippen molar-refractivity contribution in [2.45, 2.75) is 6.42 Å². The predicted octanol–water partition coefficient (Wildman–Crippen LogP) is 0.810. The van der Waals surface area contributed by atoms with Gasteiger partial charge in [-0.2, -0.15) is 0 Å². The first-order valence-corrected chi connectivity index (χ1v) is 5.96. The number of carboxylic acid groups (broad SMARTS) is 1.